The highest BCUT2D eigenvalue weighted by atomic mass is 19.4. The highest BCUT2D eigenvalue weighted by Gasteiger charge is 2.34. The molecule has 1 aromatic rings. The number of hydrogen-bond donors (Lipinski definition) is 0. The first-order valence-corrected chi connectivity index (χ1v) is 9.74. The van der Waals surface area contributed by atoms with E-state index in [0.29, 0.717) is 36.4 Å². The number of hydrogen-bond acceptors (Lipinski definition) is 3. The lowest BCUT2D eigenvalue weighted by Gasteiger charge is -2.19. The Morgan fingerprint density at radius 1 is 1.04 bits per heavy atom. The molecule has 0 aromatic heterocycles. The molecule has 0 atom stereocenters. The fraction of sp³-hybridized carbons (Fsp3) is 0.619. The fourth-order valence-electron chi connectivity index (χ4n) is 3.47. The van der Waals surface area contributed by atoms with Crippen molar-refractivity contribution in [2.24, 2.45) is 11.8 Å². The number of alkyl halides is 3. The lowest BCUT2D eigenvalue weighted by atomic mass is 10.1. The van der Waals surface area contributed by atoms with Crippen molar-refractivity contribution >= 4 is 0 Å². The van der Waals surface area contributed by atoms with E-state index in [-0.39, 0.29) is 11.5 Å². The maximum Gasteiger partial charge on any atom is 0.573 e. The summed E-state index contributed by atoms with van der Waals surface area (Å²) in [7, 11) is 0. The molecular weight excluding hydrogens is 357 g/mol. The molecule has 2 fully saturated rings. The summed E-state index contributed by atoms with van der Waals surface area (Å²) in [6.45, 7) is 2.28. The molecule has 0 aliphatic heterocycles. The van der Waals surface area contributed by atoms with Crippen molar-refractivity contribution in [1.29, 1.82) is 0 Å². The van der Waals surface area contributed by atoms with Crippen molar-refractivity contribution in [2.75, 3.05) is 13.2 Å². The fourth-order valence-corrected chi connectivity index (χ4v) is 3.47. The van der Waals surface area contributed by atoms with Gasteiger partial charge in [-0.1, -0.05) is 37.8 Å². The van der Waals surface area contributed by atoms with E-state index in [1.807, 2.05) is 6.08 Å². The zero-order valence-electron chi connectivity index (χ0n) is 15.7. The average molecular weight is 384 g/mol. The number of allylic oxidation sites excluding steroid dienone is 1. The smallest absolute Gasteiger partial charge is 0.490 e. The Hall–Kier alpha value is -1.85. The minimum Gasteiger partial charge on any atom is -0.490 e. The van der Waals surface area contributed by atoms with E-state index >= 15 is 0 Å². The summed E-state index contributed by atoms with van der Waals surface area (Å²) in [6, 6.07) is 3.15. The quantitative estimate of drug-likeness (QED) is 0.475. The molecule has 0 radical (unpaired) electrons. The second-order valence-electron chi connectivity index (χ2n) is 7.43. The Morgan fingerprint density at radius 3 is 2.41 bits per heavy atom. The van der Waals surface area contributed by atoms with Gasteiger partial charge in [0.05, 0.1) is 6.61 Å². The Bertz CT molecular complexity index is 645. The first-order chi connectivity index (χ1) is 12.9. The van der Waals surface area contributed by atoms with Gasteiger partial charge >= 0.3 is 6.36 Å². The van der Waals surface area contributed by atoms with Crippen LogP contribution in [0, 0.1) is 18.8 Å². The van der Waals surface area contributed by atoms with Crippen molar-refractivity contribution in [3.8, 4) is 17.2 Å². The zero-order chi connectivity index (χ0) is 19.3. The van der Waals surface area contributed by atoms with Crippen LogP contribution >= 0.6 is 0 Å². The van der Waals surface area contributed by atoms with E-state index in [1.165, 1.54) is 44.6 Å². The molecule has 0 heterocycles. The topological polar surface area (TPSA) is 27.7 Å². The number of rotatable bonds is 9. The maximum atomic E-state index is 12.9. The van der Waals surface area contributed by atoms with Crippen LogP contribution < -0.4 is 14.2 Å². The third-order valence-corrected chi connectivity index (χ3v) is 5.16. The summed E-state index contributed by atoms with van der Waals surface area (Å²) >= 11 is 0. The van der Waals surface area contributed by atoms with Crippen molar-refractivity contribution in [3.63, 3.8) is 0 Å². The van der Waals surface area contributed by atoms with E-state index in [0.717, 1.165) is 6.42 Å². The molecule has 1 aromatic carbocycles. The van der Waals surface area contributed by atoms with E-state index in [4.69, 9.17) is 9.47 Å². The minimum atomic E-state index is -4.78. The highest BCUT2D eigenvalue weighted by molar-refractivity contribution is 5.53. The van der Waals surface area contributed by atoms with Gasteiger partial charge < -0.3 is 14.2 Å². The van der Waals surface area contributed by atoms with Gasteiger partial charge in [-0.05, 0) is 50.2 Å². The molecule has 0 saturated heterocycles. The number of ether oxygens (including phenoxy) is 3. The Morgan fingerprint density at radius 2 is 1.74 bits per heavy atom. The molecule has 27 heavy (non-hydrogen) atoms. The van der Waals surface area contributed by atoms with Gasteiger partial charge in [-0.25, -0.2) is 0 Å². The highest BCUT2D eigenvalue weighted by Crippen LogP contribution is 2.40. The third-order valence-electron chi connectivity index (χ3n) is 5.16. The van der Waals surface area contributed by atoms with E-state index in [1.54, 1.807) is 13.0 Å². The van der Waals surface area contributed by atoms with E-state index in [9.17, 15) is 13.2 Å². The summed E-state index contributed by atoms with van der Waals surface area (Å²) in [5, 5.41) is 0. The van der Waals surface area contributed by atoms with Gasteiger partial charge in [-0.2, -0.15) is 0 Å². The van der Waals surface area contributed by atoms with Gasteiger partial charge in [0.15, 0.2) is 11.5 Å². The first-order valence-electron chi connectivity index (χ1n) is 9.74. The predicted octanol–water partition coefficient (Wildman–Crippen LogP) is 6.20. The van der Waals surface area contributed by atoms with Crippen LogP contribution in [0.2, 0.25) is 0 Å². The maximum absolute atomic E-state index is 12.9. The Kier molecular flexibility index (Phi) is 6.55. The summed E-state index contributed by atoms with van der Waals surface area (Å²) in [5.41, 5.74) is 0.297. The molecule has 0 unspecified atom stereocenters. The van der Waals surface area contributed by atoms with Gasteiger partial charge in [-0.3, -0.25) is 0 Å². The summed E-state index contributed by atoms with van der Waals surface area (Å²) < 4.78 is 54.2. The number of halogens is 3. The average Bonchev–Trinajstić information content (AvgIpc) is 3.28. The Labute approximate surface area is 158 Å². The summed E-state index contributed by atoms with van der Waals surface area (Å²) in [4.78, 5) is 0. The first kappa shape index (κ1) is 19.9. The molecular formula is C21H27F3O3. The molecule has 2 saturated carbocycles. The lowest BCUT2D eigenvalue weighted by molar-refractivity contribution is -0.275. The molecule has 6 heteroatoms. The van der Waals surface area contributed by atoms with Crippen molar-refractivity contribution in [1.82, 2.24) is 0 Å². The second-order valence-corrected chi connectivity index (χ2v) is 7.43. The van der Waals surface area contributed by atoms with Crippen LogP contribution in [0.25, 0.3) is 0 Å². The number of benzene rings is 1. The molecule has 3 nitrogen and oxygen atoms in total. The normalized spacial score (nSPS) is 18.2. The van der Waals surface area contributed by atoms with Gasteiger partial charge in [0.2, 0.25) is 0 Å². The van der Waals surface area contributed by atoms with Crippen LogP contribution in [-0.2, 0) is 0 Å². The summed E-state index contributed by atoms with van der Waals surface area (Å²) in [5.74, 6) is 1.42. The van der Waals surface area contributed by atoms with Crippen LogP contribution in [0.3, 0.4) is 0 Å². The van der Waals surface area contributed by atoms with Crippen LogP contribution in [-0.4, -0.2) is 19.6 Å². The largest absolute Gasteiger partial charge is 0.573 e. The zero-order valence-corrected chi connectivity index (χ0v) is 15.7. The molecule has 2 aliphatic rings. The molecule has 150 valence electrons. The van der Waals surface area contributed by atoms with Crippen LogP contribution in [0.1, 0.15) is 50.5 Å². The molecule has 2 aliphatic carbocycles. The van der Waals surface area contributed by atoms with Gasteiger partial charge in [0, 0.05) is 5.56 Å². The second kappa shape index (κ2) is 8.89. The van der Waals surface area contributed by atoms with E-state index in [2.05, 4.69) is 10.8 Å². The van der Waals surface area contributed by atoms with Crippen molar-refractivity contribution in [3.05, 3.63) is 29.8 Å². The van der Waals surface area contributed by atoms with Crippen LogP contribution in [0.5, 0.6) is 17.2 Å². The Balaban J connectivity index is 1.65. The van der Waals surface area contributed by atoms with Crippen LogP contribution in [0.15, 0.2) is 24.3 Å². The van der Waals surface area contributed by atoms with Gasteiger partial charge in [0.25, 0.3) is 0 Å². The molecule has 0 N–H and O–H groups in total. The van der Waals surface area contributed by atoms with Crippen molar-refractivity contribution < 1.29 is 27.4 Å². The molecule has 0 amide bonds. The third kappa shape index (κ3) is 6.36. The minimum absolute atomic E-state index is 0.115. The van der Waals surface area contributed by atoms with Gasteiger partial charge in [0.1, 0.15) is 12.4 Å². The molecule has 0 bridgehead atoms. The summed E-state index contributed by atoms with van der Waals surface area (Å²) in [6.07, 6.45) is 7.29. The van der Waals surface area contributed by atoms with Crippen molar-refractivity contribution in [2.45, 2.75) is 58.2 Å². The molecule has 3 rings (SSSR count). The van der Waals surface area contributed by atoms with Gasteiger partial charge in [-0.15, -0.1) is 13.2 Å². The monoisotopic (exact) mass is 384 g/mol. The predicted molar refractivity (Wildman–Crippen MR) is 97.3 cm³/mol. The molecule has 0 spiro atoms. The van der Waals surface area contributed by atoms with Crippen LogP contribution in [0.4, 0.5) is 13.2 Å². The SMILES string of the molecule is Cc1c(OC/C=C/C2CC2)ccc(OCCC2CCCC2)c1OC(F)(F)F. The lowest BCUT2D eigenvalue weighted by Crippen LogP contribution is -2.19. The standard InChI is InChI=1S/C21H27F3O3/c1-15-18(25-13-4-7-17-8-9-17)10-11-19(20(15)27-21(22,23)24)26-14-12-16-5-2-3-6-16/h4,7,10-11,16-17H,2-3,5-6,8-9,12-14H2,1H3/b7-4+. The van der Waals surface area contributed by atoms with E-state index < -0.39 is 6.36 Å².